The molecule has 46 heavy (non-hydrogen) atoms. The maximum atomic E-state index is 13.6. The molecule has 1 saturated heterocycles. The normalized spacial score (nSPS) is 16.1. The van der Waals surface area contributed by atoms with Crippen LogP contribution in [0.15, 0.2) is 63.8 Å². The number of ether oxygens (including phenoxy) is 1. The first-order chi connectivity index (χ1) is 21.6. The number of piperazine rings is 1. The van der Waals surface area contributed by atoms with Crippen molar-refractivity contribution in [3.8, 4) is 0 Å². The molecule has 17 heteroatoms. The van der Waals surface area contributed by atoms with Crippen LogP contribution >= 0.6 is 0 Å². The molecule has 0 aliphatic carbocycles. The maximum absolute atomic E-state index is 13.6. The van der Waals surface area contributed by atoms with Gasteiger partial charge < -0.3 is 15.0 Å². The van der Waals surface area contributed by atoms with Gasteiger partial charge in [-0.3, -0.25) is 14.4 Å². The van der Waals surface area contributed by atoms with E-state index in [9.17, 15) is 36.0 Å². The molecule has 2 aromatic carbocycles. The third-order valence-electron chi connectivity index (χ3n) is 7.08. The van der Waals surface area contributed by atoms with E-state index in [2.05, 4.69) is 15.7 Å². The number of halogens is 3. The van der Waals surface area contributed by atoms with Crippen LogP contribution in [0.1, 0.15) is 49.8 Å². The Morgan fingerprint density at radius 1 is 1.09 bits per heavy atom. The molecule has 1 aliphatic heterocycles. The molecule has 1 atom stereocenters. The fraction of sp³-hybridized carbons (Fsp3) is 0.483. The van der Waals surface area contributed by atoms with E-state index >= 15 is 0 Å². The molecule has 13 nitrogen and oxygen atoms in total. The lowest BCUT2D eigenvalue weighted by atomic mass is 10.0. The van der Waals surface area contributed by atoms with Gasteiger partial charge in [0, 0.05) is 26.2 Å². The molecule has 0 spiro atoms. The maximum Gasteiger partial charge on any atom is 0.416 e. The van der Waals surface area contributed by atoms with Crippen molar-refractivity contribution in [3.63, 3.8) is 0 Å². The van der Waals surface area contributed by atoms with E-state index in [1.54, 1.807) is 6.92 Å². The SMILES string of the molecule is CCOC(=O)CCN=NN(N)CC(=O)N1CCN(S(=O)(=O)c2ccc(C(F)(F)F)cc2)[C@@H](C(=O)NCc2ccc(C(C)C)cc2)C1. The number of sulfonamides is 1. The number of benzene rings is 2. The van der Waals surface area contributed by atoms with Crippen LogP contribution < -0.4 is 11.2 Å². The average Bonchev–Trinajstić information content (AvgIpc) is 3.01. The lowest BCUT2D eigenvalue weighted by molar-refractivity contribution is -0.143. The molecule has 1 aliphatic rings. The quantitative estimate of drug-likeness (QED) is 0.142. The standard InChI is InChI=1S/C29H38F3N7O6S/c1-4-45-27(41)13-14-35-36-39(33)19-26(40)37-15-16-38(46(43,44)24-11-9-23(10-12-24)29(30,31)32)25(18-37)28(42)34-17-21-5-7-22(8-6-21)20(2)3/h5-12,20,25H,4,13-19,33H2,1-3H3,(H,34,42)/t25-/m1/s1. The van der Waals surface area contributed by atoms with Crippen LogP contribution in [0.2, 0.25) is 0 Å². The van der Waals surface area contributed by atoms with E-state index in [0.717, 1.165) is 32.7 Å². The van der Waals surface area contributed by atoms with Crippen molar-refractivity contribution >= 4 is 27.8 Å². The predicted octanol–water partition coefficient (Wildman–Crippen LogP) is 2.84. The van der Waals surface area contributed by atoms with Gasteiger partial charge in [-0.15, -0.1) is 0 Å². The number of nitrogens with zero attached hydrogens (tertiary/aromatic N) is 5. The summed E-state index contributed by atoms with van der Waals surface area (Å²) in [5, 5.41) is 10.9. The third-order valence-corrected chi connectivity index (χ3v) is 9.01. The zero-order chi connectivity index (χ0) is 34.1. The van der Waals surface area contributed by atoms with E-state index in [1.165, 1.54) is 4.90 Å². The van der Waals surface area contributed by atoms with Crippen molar-refractivity contribution in [3.05, 3.63) is 65.2 Å². The van der Waals surface area contributed by atoms with Gasteiger partial charge in [-0.05, 0) is 48.2 Å². The van der Waals surface area contributed by atoms with Gasteiger partial charge in [0.15, 0.2) is 0 Å². The molecule has 0 radical (unpaired) electrons. The topological polar surface area (TPSA) is 167 Å². The van der Waals surface area contributed by atoms with Crippen molar-refractivity contribution in [2.45, 2.75) is 56.8 Å². The molecule has 1 heterocycles. The van der Waals surface area contributed by atoms with Crippen molar-refractivity contribution < 1.29 is 40.7 Å². The Labute approximate surface area is 265 Å². The van der Waals surface area contributed by atoms with Crippen LogP contribution in [0, 0.1) is 0 Å². The molecule has 2 aromatic rings. The highest BCUT2D eigenvalue weighted by Gasteiger charge is 2.42. The smallest absolute Gasteiger partial charge is 0.416 e. The summed E-state index contributed by atoms with van der Waals surface area (Å²) in [6.45, 7) is 4.73. The summed E-state index contributed by atoms with van der Waals surface area (Å²) in [5.41, 5.74) is 0.826. The van der Waals surface area contributed by atoms with Crippen molar-refractivity contribution in [2.24, 2.45) is 16.2 Å². The summed E-state index contributed by atoms with van der Waals surface area (Å²) in [6.07, 6.45) is -4.70. The molecule has 252 valence electrons. The zero-order valence-corrected chi connectivity index (χ0v) is 26.6. The number of nitrogens with two attached hydrogens (primary N) is 1. The number of hydrazine groups is 1. The second-order valence-electron chi connectivity index (χ2n) is 10.7. The number of nitrogens with one attached hydrogen (secondary N) is 1. The zero-order valence-electron chi connectivity index (χ0n) is 25.7. The van der Waals surface area contributed by atoms with Gasteiger partial charge in [0.1, 0.15) is 12.6 Å². The summed E-state index contributed by atoms with van der Waals surface area (Å²) < 4.78 is 72.1. The van der Waals surface area contributed by atoms with E-state index < -0.39 is 57.0 Å². The Bertz CT molecular complexity index is 1490. The number of hydrogen-bond donors (Lipinski definition) is 2. The number of carbonyl (C=O) groups excluding carboxylic acids is 3. The van der Waals surface area contributed by atoms with Crippen LogP contribution in [-0.2, 0) is 41.9 Å². The predicted molar refractivity (Wildman–Crippen MR) is 160 cm³/mol. The Kier molecular flexibility index (Phi) is 12.6. The molecule has 2 amide bonds. The van der Waals surface area contributed by atoms with Crippen LogP contribution in [0.3, 0.4) is 0 Å². The molecule has 3 rings (SSSR count). The molecule has 0 saturated carbocycles. The highest BCUT2D eigenvalue weighted by Crippen LogP contribution is 2.31. The van der Waals surface area contributed by atoms with Crippen molar-refractivity contribution in [1.82, 2.24) is 19.6 Å². The van der Waals surface area contributed by atoms with Crippen LogP contribution in [0.25, 0.3) is 0 Å². The van der Waals surface area contributed by atoms with Gasteiger partial charge >= 0.3 is 12.1 Å². The monoisotopic (exact) mass is 669 g/mol. The Morgan fingerprint density at radius 3 is 2.33 bits per heavy atom. The number of alkyl halides is 3. The lowest BCUT2D eigenvalue weighted by Crippen LogP contribution is -2.62. The fourth-order valence-corrected chi connectivity index (χ4v) is 6.11. The molecule has 0 unspecified atom stereocenters. The van der Waals surface area contributed by atoms with Gasteiger partial charge in [0.2, 0.25) is 21.8 Å². The minimum atomic E-state index is -4.67. The summed E-state index contributed by atoms with van der Waals surface area (Å²) in [7, 11) is -4.45. The number of rotatable bonds is 13. The molecular weight excluding hydrogens is 631 g/mol. The number of amides is 2. The molecule has 0 bridgehead atoms. The Hall–Kier alpha value is -4.09. The van der Waals surface area contributed by atoms with Gasteiger partial charge in [0.05, 0.1) is 30.0 Å². The second kappa shape index (κ2) is 16.0. The summed E-state index contributed by atoms with van der Waals surface area (Å²) in [6, 6.07) is 9.07. The summed E-state index contributed by atoms with van der Waals surface area (Å²) >= 11 is 0. The summed E-state index contributed by atoms with van der Waals surface area (Å²) in [5.74, 6) is 4.29. The molecule has 0 aromatic heterocycles. The van der Waals surface area contributed by atoms with Gasteiger partial charge in [-0.1, -0.05) is 43.3 Å². The van der Waals surface area contributed by atoms with E-state index in [-0.39, 0.29) is 45.8 Å². The molecule has 1 fully saturated rings. The van der Waals surface area contributed by atoms with E-state index in [4.69, 9.17) is 10.6 Å². The van der Waals surface area contributed by atoms with E-state index in [1.807, 2.05) is 38.1 Å². The third kappa shape index (κ3) is 9.95. The van der Waals surface area contributed by atoms with Crippen LogP contribution in [0.5, 0.6) is 0 Å². The van der Waals surface area contributed by atoms with Gasteiger partial charge in [-0.25, -0.2) is 19.4 Å². The Balaban J connectivity index is 1.76. The number of carbonyl (C=O) groups is 3. The average molecular weight is 670 g/mol. The van der Waals surface area contributed by atoms with Crippen LogP contribution in [-0.4, -0.2) is 85.9 Å². The first-order valence-corrected chi connectivity index (χ1v) is 16.0. The summed E-state index contributed by atoms with van der Waals surface area (Å²) in [4.78, 5) is 38.7. The largest absolute Gasteiger partial charge is 0.466 e. The minimum Gasteiger partial charge on any atom is -0.466 e. The molecule has 3 N–H and O–H groups in total. The minimum absolute atomic E-state index is 0.0242. The first-order valence-electron chi connectivity index (χ1n) is 14.5. The number of hydrogen-bond acceptors (Lipinski definition) is 9. The van der Waals surface area contributed by atoms with Crippen molar-refractivity contribution in [1.29, 1.82) is 0 Å². The van der Waals surface area contributed by atoms with Gasteiger partial charge in [0.25, 0.3) is 0 Å². The lowest BCUT2D eigenvalue weighted by Gasteiger charge is -2.39. The Morgan fingerprint density at radius 2 is 1.74 bits per heavy atom. The van der Waals surface area contributed by atoms with Gasteiger partial charge in [-0.2, -0.15) is 22.6 Å². The highest BCUT2D eigenvalue weighted by atomic mass is 32.2. The molecular formula is C29H38F3N7O6S. The fourth-order valence-electron chi connectivity index (χ4n) is 4.54. The first kappa shape index (κ1) is 36.4. The van der Waals surface area contributed by atoms with Crippen LogP contribution in [0.4, 0.5) is 13.2 Å². The van der Waals surface area contributed by atoms with Crippen molar-refractivity contribution in [2.75, 3.05) is 39.3 Å². The highest BCUT2D eigenvalue weighted by molar-refractivity contribution is 7.89. The van der Waals surface area contributed by atoms with E-state index in [0.29, 0.717) is 18.1 Å². The number of esters is 1. The second-order valence-corrected chi connectivity index (χ2v) is 12.6.